The summed E-state index contributed by atoms with van der Waals surface area (Å²) in [6, 6.07) is 15.2. The van der Waals surface area contributed by atoms with E-state index in [1.54, 1.807) is 35.6 Å². The molecule has 0 saturated heterocycles. The molecule has 34 heavy (non-hydrogen) atoms. The summed E-state index contributed by atoms with van der Waals surface area (Å²) >= 11 is 2.86. The van der Waals surface area contributed by atoms with Gasteiger partial charge in [0.25, 0.3) is 0 Å². The van der Waals surface area contributed by atoms with Crippen LogP contribution in [0.1, 0.15) is 21.5 Å². The minimum absolute atomic E-state index is 0.131. The summed E-state index contributed by atoms with van der Waals surface area (Å²) in [5, 5.41) is 4.40. The number of esters is 1. The van der Waals surface area contributed by atoms with Crippen LogP contribution in [-0.4, -0.2) is 46.2 Å². The smallest absolute Gasteiger partial charge is 0.339 e. The van der Waals surface area contributed by atoms with Gasteiger partial charge in [0.15, 0.2) is 10.8 Å². The second kappa shape index (κ2) is 9.78. The van der Waals surface area contributed by atoms with E-state index in [2.05, 4.69) is 44.5 Å². The Morgan fingerprint density at radius 3 is 2.76 bits per heavy atom. The van der Waals surface area contributed by atoms with Gasteiger partial charge in [0.2, 0.25) is 5.91 Å². The van der Waals surface area contributed by atoms with Crippen LogP contribution in [0.2, 0.25) is 0 Å². The number of thioether (sulfide) groups is 1. The van der Waals surface area contributed by atoms with Crippen molar-refractivity contribution < 1.29 is 14.3 Å². The largest absolute Gasteiger partial charge is 0.465 e. The molecule has 3 heterocycles. The Balaban J connectivity index is 1.29. The molecule has 0 atom stereocenters. The van der Waals surface area contributed by atoms with E-state index in [4.69, 9.17) is 9.72 Å². The van der Waals surface area contributed by atoms with E-state index < -0.39 is 5.97 Å². The van der Waals surface area contributed by atoms with Crippen LogP contribution < -0.4 is 10.2 Å². The predicted octanol–water partition coefficient (Wildman–Crippen LogP) is 4.17. The Labute approximate surface area is 204 Å². The molecule has 0 aliphatic carbocycles. The van der Waals surface area contributed by atoms with Gasteiger partial charge in [0.1, 0.15) is 16.1 Å². The SMILES string of the molecule is COC(=O)c1ccccc1NC(=O)CSc1ncnc2nc(N3CCc4ccccc4C3)sc12. The lowest BCUT2D eigenvalue weighted by atomic mass is 10.0. The lowest BCUT2D eigenvalue weighted by Gasteiger charge is -2.28. The molecule has 2 aromatic heterocycles. The number of hydrogen-bond donors (Lipinski definition) is 1. The fourth-order valence-corrected chi connectivity index (χ4v) is 5.73. The molecule has 1 amide bonds. The van der Waals surface area contributed by atoms with Gasteiger partial charge in [0, 0.05) is 13.1 Å². The van der Waals surface area contributed by atoms with Crippen molar-refractivity contribution in [3.8, 4) is 0 Å². The van der Waals surface area contributed by atoms with Gasteiger partial charge in [0.05, 0.1) is 24.1 Å². The summed E-state index contributed by atoms with van der Waals surface area (Å²) in [6.45, 7) is 1.71. The number of aromatic nitrogens is 3. The van der Waals surface area contributed by atoms with Crippen molar-refractivity contribution in [2.45, 2.75) is 18.0 Å². The molecule has 5 rings (SSSR count). The fraction of sp³-hybridized carbons (Fsp3) is 0.208. The van der Waals surface area contributed by atoms with Crippen molar-refractivity contribution in [2.75, 3.05) is 29.6 Å². The van der Waals surface area contributed by atoms with Crippen molar-refractivity contribution in [1.82, 2.24) is 15.0 Å². The number of nitrogens with one attached hydrogen (secondary N) is 1. The Hall–Kier alpha value is -3.50. The van der Waals surface area contributed by atoms with Crippen LogP contribution in [-0.2, 0) is 22.5 Å². The number of carbonyl (C=O) groups excluding carboxylic acids is 2. The van der Waals surface area contributed by atoms with Gasteiger partial charge >= 0.3 is 5.97 Å². The fourth-order valence-electron chi connectivity index (χ4n) is 3.82. The number of methoxy groups -OCH3 is 1. The van der Waals surface area contributed by atoms with Crippen LogP contribution in [0.3, 0.4) is 0 Å². The van der Waals surface area contributed by atoms with Crippen molar-refractivity contribution in [3.63, 3.8) is 0 Å². The quantitative estimate of drug-likeness (QED) is 0.244. The number of fused-ring (bicyclic) bond motifs is 2. The molecular weight excluding hydrogens is 470 g/mol. The van der Waals surface area contributed by atoms with E-state index in [1.165, 1.54) is 36.3 Å². The zero-order valence-corrected chi connectivity index (χ0v) is 20.0. The van der Waals surface area contributed by atoms with Crippen LogP contribution in [0.5, 0.6) is 0 Å². The summed E-state index contributed by atoms with van der Waals surface area (Å²) in [7, 11) is 1.31. The third kappa shape index (κ3) is 4.59. The first-order valence-electron chi connectivity index (χ1n) is 10.7. The topological polar surface area (TPSA) is 97.3 Å². The van der Waals surface area contributed by atoms with Crippen LogP contribution >= 0.6 is 23.1 Å². The first kappa shape index (κ1) is 22.3. The minimum atomic E-state index is -0.501. The second-order valence-electron chi connectivity index (χ2n) is 7.64. The third-order valence-corrected chi connectivity index (χ3v) is 7.73. The van der Waals surface area contributed by atoms with Crippen molar-refractivity contribution >= 4 is 56.1 Å². The Kier molecular flexibility index (Phi) is 6.41. The minimum Gasteiger partial charge on any atom is -0.465 e. The Bertz CT molecular complexity index is 1370. The molecule has 8 nitrogen and oxygen atoms in total. The Morgan fingerprint density at radius 2 is 1.91 bits per heavy atom. The Morgan fingerprint density at radius 1 is 1.12 bits per heavy atom. The molecule has 0 unspecified atom stereocenters. The van der Waals surface area contributed by atoms with Crippen LogP contribution in [0, 0.1) is 0 Å². The molecule has 10 heteroatoms. The van der Waals surface area contributed by atoms with Gasteiger partial charge in [-0.15, -0.1) is 0 Å². The third-order valence-electron chi connectivity index (χ3n) is 5.49. The first-order chi connectivity index (χ1) is 16.6. The van der Waals surface area contributed by atoms with Crippen molar-refractivity contribution in [1.29, 1.82) is 0 Å². The summed E-state index contributed by atoms with van der Waals surface area (Å²) in [5.74, 6) is -0.615. The first-order valence-corrected chi connectivity index (χ1v) is 12.5. The molecule has 4 aromatic rings. The molecule has 172 valence electrons. The molecule has 0 bridgehead atoms. The lowest BCUT2D eigenvalue weighted by Crippen LogP contribution is -2.30. The maximum Gasteiger partial charge on any atom is 0.339 e. The number of hydrogen-bond acceptors (Lipinski definition) is 9. The van der Waals surface area contributed by atoms with Crippen molar-refractivity contribution in [2.24, 2.45) is 0 Å². The van der Waals surface area contributed by atoms with Gasteiger partial charge in [-0.25, -0.2) is 14.8 Å². The van der Waals surface area contributed by atoms with Crippen LogP contribution in [0.25, 0.3) is 10.3 Å². The number of nitrogens with zero attached hydrogens (tertiary/aromatic N) is 4. The summed E-state index contributed by atoms with van der Waals surface area (Å²) in [5.41, 5.74) is 4.06. The van der Waals surface area contributed by atoms with E-state index in [-0.39, 0.29) is 11.7 Å². The lowest BCUT2D eigenvalue weighted by molar-refractivity contribution is -0.113. The van der Waals surface area contributed by atoms with Gasteiger partial charge in [-0.2, -0.15) is 4.98 Å². The second-order valence-corrected chi connectivity index (χ2v) is 9.58. The number of thiazole rings is 1. The van der Waals surface area contributed by atoms with E-state index in [0.29, 0.717) is 21.9 Å². The van der Waals surface area contributed by atoms with E-state index >= 15 is 0 Å². The van der Waals surface area contributed by atoms with Gasteiger partial charge in [-0.1, -0.05) is 59.5 Å². The molecule has 1 N–H and O–H groups in total. The molecule has 0 spiro atoms. The number of para-hydroxylation sites is 1. The number of rotatable bonds is 6. The molecule has 1 aliphatic rings. The van der Waals surface area contributed by atoms with Gasteiger partial charge in [-0.3, -0.25) is 4.79 Å². The number of ether oxygens (including phenoxy) is 1. The number of anilines is 2. The van der Waals surface area contributed by atoms with Crippen molar-refractivity contribution in [3.05, 3.63) is 71.5 Å². The van der Waals surface area contributed by atoms with E-state index in [9.17, 15) is 9.59 Å². The molecule has 0 saturated carbocycles. The normalized spacial score (nSPS) is 12.9. The maximum absolute atomic E-state index is 12.6. The number of carbonyl (C=O) groups is 2. The predicted molar refractivity (Wildman–Crippen MR) is 134 cm³/mol. The van der Waals surface area contributed by atoms with Crippen LogP contribution in [0.15, 0.2) is 59.9 Å². The highest BCUT2D eigenvalue weighted by molar-refractivity contribution is 8.00. The monoisotopic (exact) mass is 491 g/mol. The molecule has 0 radical (unpaired) electrons. The highest BCUT2D eigenvalue weighted by atomic mass is 32.2. The average molecular weight is 492 g/mol. The number of benzene rings is 2. The van der Waals surface area contributed by atoms with Crippen LogP contribution in [0.4, 0.5) is 10.8 Å². The maximum atomic E-state index is 12.6. The average Bonchev–Trinajstić information content (AvgIpc) is 3.32. The molecular formula is C24H21N5O3S2. The summed E-state index contributed by atoms with van der Waals surface area (Å²) < 4.78 is 5.65. The zero-order chi connectivity index (χ0) is 23.5. The molecule has 0 fully saturated rings. The molecule has 2 aromatic carbocycles. The van der Waals surface area contributed by atoms with E-state index in [0.717, 1.165) is 29.3 Å². The molecule has 1 aliphatic heterocycles. The van der Waals surface area contributed by atoms with Gasteiger partial charge in [-0.05, 0) is 29.7 Å². The van der Waals surface area contributed by atoms with Gasteiger partial charge < -0.3 is 15.0 Å². The highest BCUT2D eigenvalue weighted by Crippen LogP contribution is 2.35. The highest BCUT2D eigenvalue weighted by Gasteiger charge is 2.21. The summed E-state index contributed by atoms with van der Waals surface area (Å²) in [4.78, 5) is 40.3. The van der Waals surface area contributed by atoms with E-state index in [1.807, 2.05) is 0 Å². The zero-order valence-electron chi connectivity index (χ0n) is 18.4. The summed E-state index contributed by atoms with van der Waals surface area (Å²) in [6.07, 6.45) is 2.46. The standard InChI is InChI=1S/C24H21N5O3S2/c1-32-23(31)17-8-4-5-9-18(17)27-19(30)13-33-22-20-21(25-14-26-22)28-24(34-20)29-11-10-15-6-2-3-7-16(15)12-29/h2-9,14H,10-13H2,1H3,(H,27,30). The number of amides is 1.